The minimum Gasteiger partial charge on any atom is -0.496 e. The first kappa shape index (κ1) is 30.4. The number of aryl methyl sites for hydroxylation is 1. The van der Waals surface area contributed by atoms with Crippen molar-refractivity contribution in [1.82, 2.24) is 9.66 Å². The summed E-state index contributed by atoms with van der Waals surface area (Å²) in [4.78, 5) is 18.7. The quantitative estimate of drug-likeness (QED) is 0.116. The van der Waals surface area contributed by atoms with E-state index in [4.69, 9.17) is 14.5 Å². The highest BCUT2D eigenvalue weighted by Gasteiger charge is 2.18. The Morgan fingerprint density at radius 3 is 2.52 bits per heavy atom. The highest BCUT2D eigenvalue weighted by atomic mass is 127. The van der Waals surface area contributed by atoms with Crippen LogP contribution in [-0.4, -0.2) is 23.0 Å². The zero-order valence-electron chi connectivity index (χ0n) is 23.5. The second kappa shape index (κ2) is 13.1. The summed E-state index contributed by atoms with van der Waals surface area (Å²) < 4.78 is 16.1. The zero-order chi connectivity index (χ0) is 30.0. The van der Waals surface area contributed by atoms with E-state index in [2.05, 4.69) is 79.5 Å². The van der Waals surface area contributed by atoms with E-state index in [1.54, 1.807) is 19.4 Å². The predicted octanol–water partition coefficient (Wildman–Crippen LogP) is 9.09. The van der Waals surface area contributed by atoms with E-state index in [-0.39, 0.29) is 11.5 Å². The predicted molar refractivity (Wildman–Crippen MR) is 185 cm³/mol. The summed E-state index contributed by atoms with van der Waals surface area (Å²) in [5, 5.41) is 5.18. The van der Waals surface area contributed by atoms with Crippen molar-refractivity contribution in [3.63, 3.8) is 0 Å². The van der Waals surface area contributed by atoms with Crippen LogP contribution < -0.4 is 15.0 Å². The Morgan fingerprint density at radius 2 is 1.81 bits per heavy atom. The summed E-state index contributed by atoms with van der Waals surface area (Å²) in [6.45, 7) is 6.65. The summed E-state index contributed by atoms with van der Waals surface area (Å²) >= 11 is 9.32. The first-order valence-electron chi connectivity index (χ1n) is 13.3. The Bertz CT molecular complexity index is 1890. The van der Waals surface area contributed by atoms with E-state index >= 15 is 0 Å². The number of methoxy groups -OCH3 is 1. The van der Waals surface area contributed by atoms with Crippen LogP contribution in [0.25, 0.3) is 22.3 Å². The topological polar surface area (TPSA) is 65.7 Å². The lowest BCUT2D eigenvalue weighted by molar-refractivity contribution is 0.303. The first-order valence-corrected chi connectivity index (χ1v) is 15.9. The smallest absolute Gasteiger partial charge is 0.282 e. The first-order chi connectivity index (χ1) is 20.2. The normalized spacial score (nSPS) is 11.5. The molecule has 0 aliphatic heterocycles. The molecule has 0 amide bonds. The van der Waals surface area contributed by atoms with Crippen molar-refractivity contribution < 1.29 is 9.47 Å². The van der Waals surface area contributed by atoms with Gasteiger partial charge in [0.1, 0.15) is 18.1 Å². The second-order valence-electron chi connectivity index (χ2n) is 10.1. The summed E-state index contributed by atoms with van der Waals surface area (Å²) in [6, 6.07) is 23.2. The fraction of sp³-hybridized carbons (Fsp3) is 0.182. The van der Waals surface area contributed by atoms with Gasteiger partial charge < -0.3 is 9.47 Å². The van der Waals surface area contributed by atoms with Gasteiger partial charge in [0, 0.05) is 20.1 Å². The largest absolute Gasteiger partial charge is 0.496 e. The molecule has 0 radical (unpaired) electrons. The molecule has 0 aliphatic carbocycles. The average molecular weight is 801 g/mol. The number of hydrogen-bond acceptors (Lipinski definition) is 5. The molecule has 0 fully saturated rings. The number of para-hydroxylation sites is 1. The number of halogens is 3. The average Bonchev–Trinajstić information content (AvgIpc) is 2.96. The van der Waals surface area contributed by atoms with Crippen molar-refractivity contribution in [2.45, 2.75) is 33.3 Å². The van der Waals surface area contributed by atoms with Gasteiger partial charge in [-0.1, -0.05) is 63.9 Å². The number of hydrogen-bond donors (Lipinski definition) is 0. The third kappa shape index (κ3) is 6.48. The van der Waals surface area contributed by atoms with E-state index in [0.717, 1.165) is 51.8 Å². The van der Waals surface area contributed by atoms with Gasteiger partial charge in [-0.2, -0.15) is 9.78 Å². The lowest BCUT2D eigenvalue weighted by atomic mass is 9.96. The minimum absolute atomic E-state index is 0.219. The summed E-state index contributed by atoms with van der Waals surface area (Å²) in [6.07, 6.45) is 1.68. The van der Waals surface area contributed by atoms with Gasteiger partial charge in [-0.25, -0.2) is 4.98 Å². The molecule has 0 N–H and O–H groups in total. The van der Waals surface area contributed by atoms with Crippen LogP contribution in [-0.2, 0) is 6.61 Å². The number of aromatic nitrogens is 2. The molecule has 1 aromatic heterocycles. The number of benzene rings is 4. The number of ether oxygens (including phenoxy) is 2. The molecule has 0 atom stereocenters. The zero-order valence-corrected chi connectivity index (χ0v) is 28.8. The lowest BCUT2D eigenvalue weighted by Crippen LogP contribution is -2.20. The van der Waals surface area contributed by atoms with Gasteiger partial charge in [0.05, 0.1) is 27.8 Å². The van der Waals surface area contributed by atoms with Crippen LogP contribution in [0.3, 0.4) is 0 Å². The highest BCUT2D eigenvalue weighted by Crippen LogP contribution is 2.34. The SMILES string of the molecule is COc1cc(C)c(-c2nc3ccccc3c(=O)n2N=Cc2ccc(OCc3ccc(Br)cc3Br)c(I)c2)cc1C(C)C. The molecular formula is C33H28Br2IN3O3. The van der Waals surface area contributed by atoms with Crippen LogP contribution in [0.1, 0.15) is 42.0 Å². The van der Waals surface area contributed by atoms with Gasteiger partial charge in [0.25, 0.3) is 5.56 Å². The summed E-state index contributed by atoms with van der Waals surface area (Å²) in [5.74, 6) is 2.28. The van der Waals surface area contributed by atoms with E-state index in [0.29, 0.717) is 23.3 Å². The molecule has 0 aliphatic rings. The lowest BCUT2D eigenvalue weighted by Gasteiger charge is -2.17. The van der Waals surface area contributed by atoms with E-state index in [1.165, 1.54) is 4.68 Å². The monoisotopic (exact) mass is 799 g/mol. The molecule has 0 bridgehead atoms. The van der Waals surface area contributed by atoms with Crippen molar-refractivity contribution in [1.29, 1.82) is 0 Å². The standard InChI is InChI=1S/C33H28Br2IN3O3/c1-19(2)25-16-26(20(3)13-31(25)41-4)32-38-29-8-6-5-7-24(29)33(40)39(32)37-17-21-9-12-30(28(36)14-21)42-18-22-10-11-23(34)15-27(22)35/h5-17,19H,18H2,1-4H3. The number of nitrogens with zero attached hydrogens (tertiary/aromatic N) is 3. The van der Waals surface area contributed by atoms with Crippen molar-refractivity contribution in [3.8, 4) is 22.9 Å². The van der Waals surface area contributed by atoms with Crippen molar-refractivity contribution in [2.75, 3.05) is 7.11 Å². The Labute approximate surface area is 275 Å². The molecule has 5 aromatic rings. The van der Waals surface area contributed by atoms with Crippen LogP contribution in [0.4, 0.5) is 0 Å². The molecule has 9 heteroatoms. The molecule has 214 valence electrons. The van der Waals surface area contributed by atoms with Gasteiger partial charge in [-0.15, -0.1) is 0 Å². The maximum absolute atomic E-state index is 13.7. The van der Waals surface area contributed by atoms with Crippen molar-refractivity contribution in [3.05, 3.63) is 118 Å². The summed E-state index contributed by atoms with van der Waals surface area (Å²) in [5.41, 5.74) is 5.08. The van der Waals surface area contributed by atoms with Crippen molar-refractivity contribution >= 4 is 71.6 Å². The molecule has 1 heterocycles. The van der Waals surface area contributed by atoms with Crippen LogP contribution in [0, 0.1) is 10.5 Å². The number of fused-ring (bicyclic) bond motifs is 1. The van der Waals surface area contributed by atoms with Gasteiger partial charge in [0.2, 0.25) is 0 Å². The Balaban J connectivity index is 1.53. The molecule has 0 spiro atoms. The molecule has 0 saturated carbocycles. The van der Waals surface area contributed by atoms with E-state index in [1.807, 2.05) is 67.6 Å². The van der Waals surface area contributed by atoms with Gasteiger partial charge in [0.15, 0.2) is 5.82 Å². The molecule has 6 nitrogen and oxygen atoms in total. The Kier molecular flexibility index (Phi) is 9.49. The maximum atomic E-state index is 13.7. The van der Waals surface area contributed by atoms with Crippen LogP contribution in [0.15, 0.2) is 91.6 Å². The van der Waals surface area contributed by atoms with Gasteiger partial charge in [-0.3, -0.25) is 4.79 Å². The van der Waals surface area contributed by atoms with Gasteiger partial charge >= 0.3 is 0 Å². The molecule has 42 heavy (non-hydrogen) atoms. The summed E-state index contributed by atoms with van der Waals surface area (Å²) in [7, 11) is 1.67. The molecule has 0 saturated heterocycles. The molecule has 4 aromatic carbocycles. The third-order valence-corrected chi connectivity index (χ3v) is 8.94. The molecule has 5 rings (SSSR count). The fourth-order valence-electron chi connectivity index (χ4n) is 4.61. The van der Waals surface area contributed by atoms with Crippen LogP contribution >= 0.6 is 54.5 Å². The van der Waals surface area contributed by atoms with E-state index < -0.39 is 0 Å². The van der Waals surface area contributed by atoms with Crippen LogP contribution in [0.5, 0.6) is 11.5 Å². The van der Waals surface area contributed by atoms with Crippen molar-refractivity contribution in [2.24, 2.45) is 5.10 Å². The Morgan fingerprint density at radius 1 is 1.02 bits per heavy atom. The maximum Gasteiger partial charge on any atom is 0.282 e. The highest BCUT2D eigenvalue weighted by molar-refractivity contribution is 14.1. The minimum atomic E-state index is -0.233. The van der Waals surface area contributed by atoms with Crippen LogP contribution in [0.2, 0.25) is 0 Å². The number of rotatable bonds is 8. The fourth-order valence-corrected chi connectivity index (χ4v) is 6.46. The molecular weight excluding hydrogens is 773 g/mol. The van der Waals surface area contributed by atoms with E-state index in [9.17, 15) is 4.79 Å². The Hall–Kier alpha value is -3.02. The van der Waals surface area contributed by atoms with Gasteiger partial charge in [-0.05, 0) is 107 Å². The third-order valence-electron chi connectivity index (χ3n) is 6.87. The second-order valence-corrected chi connectivity index (χ2v) is 13.0. The molecule has 0 unspecified atom stereocenters.